The summed E-state index contributed by atoms with van der Waals surface area (Å²) in [6.07, 6.45) is -5.14. The number of rotatable bonds is 10. The average Bonchev–Trinajstić information content (AvgIpc) is 3.31. The first-order chi connectivity index (χ1) is 20.7. The van der Waals surface area contributed by atoms with Gasteiger partial charge in [-0.1, -0.05) is 6.08 Å². The molecule has 0 aliphatic carbocycles. The van der Waals surface area contributed by atoms with Crippen LogP contribution in [0.25, 0.3) is 17.1 Å². The van der Waals surface area contributed by atoms with Gasteiger partial charge in [-0.3, -0.25) is 4.55 Å². The van der Waals surface area contributed by atoms with Crippen molar-refractivity contribution < 1.29 is 56.9 Å². The molecule has 3 aromatic rings. The Balaban J connectivity index is 0.00000576. The number of hydrogen-bond donors (Lipinski definition) is 1. The number of fused-ring (bicyclic) bond motifs is 2. The second kappa shape index (κ2) is 13.9. The molecule has 1 aliphatic heterocycles. The second-order valence-electron chi connectivity index (χ2n) is 10.3. The van der Waals surface area contributed by atoms with Crippen molar-refractivity contribution in [2.24, 2.45) is 7.05 Å². The zero-order chi connectivity index (χ0) is 33.5. The number of halogens is 6. The number of aromatic nitrogens is 2. The first-order valence-electron chi connectivity index (χ1n) is 13.3. The van der Waals surface area contributed by atoms with Gasteiger partial charge in [0.25, 0.3) is 15.9 Å². The molecule has 10 nitrogen and oxygen atoms in total. The summed E-state index contributed by atoms with van der Waals surface area (Å²) in [5, 5.41) is 0. The summed E-state index contributed by atoms with van der Waals surface area (Å²) in [5.41, 5.74) is -0.848. The summed E-state index contributed by atoms with van der Waals surface area (Å²) in [7, 11) is -5.79. The zero-order valence-electron chi connectivity index (χ0n) is 24.8. The van der Waals surface area contributed by atoms with Gasteiger partial charge >= 0.3 is 12.4 Å². The first kappa shape index (κ1) is 37.8. The smallest absolute Gasteiger partial charge is 0.416 e. The Hall–Kier alpha value is -2.61. The third kappa shape index (κ3) is 8.84. The first-order valence-corrected chi connectivity index (χ1v) is 16.4. The van der Waals surface area contributed by atoms with E-state index in [1.165, 1.54) is 39.8 Å². The molecule has 46 heavy (non-hydrogen) atoms. The molecule has 0 spiro atoms. The van der Waals surface area contributed by atoms with Crippen molar-refractivity contribution in [1.82, 2.24) is 4.57 Å². The van der Waals surface area contributed by atoms with E-state index in [1.807, 2.05) is 0 Å². The van der Waals surface area contributed by atoms with Crippen LogP contribution in [0.15, 0.2) is 54.4 Å². The van der Waals surface area contributed by atoms with Crippen LogP contribution >= 0.6 is 0 Å². The molecule has 0 saturated heterocycles. The number of nitrogens with zero attached hydrogens (tertiary/aromatic N) is 4. The van der Waals surface area contributed by atoms with Gasteiger partial charge in [0.2, 0.25) is 0 Å². The van der Waals surface area contributed by atoms with Gasteiger partial charge in [0.15, 0.2) is 11.0 Å². The van der Waals surface area contributed by atoms with E-state index < -0.39 is 55.2 Å². The molecule has 19 heteroatoms. The minimum absolute atomic E-state index is 0. The van der Waals surface area contributed by atoms with Crippen molar-refractivity contribution in [3.63, 3.8) is 0 Å². The van der Waals surface area contributed by atoms with Gasteiger partial charge in [0.1, 0.15) is 5.82 Å². The molecule has 0 unspecified atom stereocenters. The van der Waals surface area contributed by atoms with Gasteiger partial charge in [0.05, 0.1) is 52.0 Å². The Morgan fingerprint density at radius 1 is 0.891 bits per heavy atom. The maximum Gasteiger partial charge on any atom is 0.416 e. The van der Waals surface area contributed by atoms with Crippen LogP contribution in [0.2, 0.25) is 0 Å². The van der Waals surface area contributed by atoms with Crippen LogP contribution < -0.4 is 14.4 Å². The van der Waals surface area contributed by atoms with Gasteiger partial charge in [-0.15, -0.1) is 0 Å². The van der Waals surface area contributed by atoms with E-state index >= 15 is 0 Å². The van der Waals surface area contributed by atoms with Gasteiger partial charge in [-0.25, -0.2) is 17.6 Å². The van der Waals surface area contributed by atoms with Crippen LogP contribution in [-0.2, 0) is 46.2 Å². The topological polar surface area (TPSA) is 127 Å². The Kier molecular flexibility index (Phi) is 11.4. The van der Waals surface area contributed by atoms with E-state index in [0.717, 1.165) is 24.3 Å². The molecule has 0 bridgehead atoms. The molecule has 4 rings (SSSR count). The zero-order valence-corrected chi connectivity index (χ0v) is 28.4. The van der Waals surface area contributed by atoms with Crippen LogP contribution in [0.4, 0.5) is 37.7 Å². The predicted molar refractivity (Wildman–Crippen MR) is 158 cm³/mol. The van der Waals surface area contributed by atoms with E-state index in [4.69, 9.17) is 4.55 Å². The van der Waals surface area contributed by atoms with E-state index in [0.29, 0.717) is 22.8 Å². The number of aryl methyl sites for hydroxylation is 2. The molecular formula is C27H28F6N4NaO6S2. The molecule has 0 amide bonds. The minimum Gasteiger partial charge on any atom is -0.748 e. The summed E-state index contributed by atoms with van der Waals surface area (Å²) >= 11 is 0. The Bertz CT molecular complexity index is 1890. The largest absolute Gasteiger partial charge is 0.748 e. The maximum absolute atomic E-state index is 13.5. The second-order valence-corrected chi connectivity index (χ2v) is 13.4. The van der Waals surface area contributed by atoms with Crippen molar-refractivity contribution in [3.8, 4) is 0 Å². The SMILES string of the molecule is CN1C(=CC=Cc2n(CCCS(=O)(=O)[O-])c3cc(C(F)(F)F)ccc3[n+]2C)N(CCCS(=O)(=O)O)c2cc(C(F)(F)F)ccc21.[Na]. The average molecular weight is 706 g/mol. The molecule has 2 aromatic carbocycles. The number of anilines is 2. The summed E-state index contributed by atoms with van der Waals surface area (Å²) in [4.78, 5) is 3.02. The molecule has 2 heterocycles. The van der Waals surface area contributed by atoms with Crippen molar-refractivity contribution in [2.45, 2.75) is 31.7 Å². The van der Waals surface area contributed by atoms with Gasteiger partial charge in [-0.05, 0) is 49.2 Å². The molecule has 0 fully saturated rings. The quantitative estimate of drug-likeness (QED) is 0.144. The molecule has 0 atom stereocenters. The number of hydrogen-bond acceptors (Lipinski definition) is 7. The predicted octanol–water partition coefficient (Wildman–Crippen LogP) is 4.15. The number of allylic oxidation sites excluding steroid dienone is 2. The molecule has 1 N–H and O–H groups in total. The monoisotopic (exact) mass is 705 g/mol. The third-order valence-electron chi connectivity index (χ3n) is 7.20. The minimum atomic E-state index is -4.66. The van der Waals surface area contributed by atoms with Crippen LogP contribution in [0.1, 0.15) is 29.8 Å². The molecule has 0 saturated carbocycles. The van der Waals surface area contributed by atoms with Crippen LogP contribution in [0, 0.1) is 0 Å². The van der Waals surface area contributed by atoms with Gasteiger partial charge in [0, 0.05) is 61.0 Å². The number of benzene rings is 2. The Morgan fingerprint density at radius 2 is 1.48 bits per heavy atom. The van der Waals surface area contributed by atoms with E-state index in [2.05, 4.69) is 0 Å². The molecule has 1 aliphatic rings. The Morgan fingerprint density at radius 3 is 2.07 bits per heavy atom. The fraction of sp³-hybridized carbons (Fsp3) is 0.370. The molecule has 1 aromatic heterocycles. The van der Waals surface area contributed by atoms with Crippen LogP contribution in [0.5, 0.6) is 0 Å². The van der Waals surface area contributed by atoms with Crippen LogP contribution in [-0.4, -0.2) is 85.2 Å². The summed E-state index contributed by atoms with van der Waals surface area (Å²) in [6, 6.07) is 6.15. The fourth-order valence-corrected chi connectivity index (χ4v) is 6.13. The van der Waals surface area contributed by atoms with Crippen LogP contribution in [0.3, 0.4) is 0 Å². The fourth-order valence-electron chi connectivity index (χ4n) is 5.15. The van der Waals surface area contributed by atoms with Gasteiger partial charge < -0.3 is 14.4 Å². The molecular weight excluding hydrogens is 677 g/mol. The molecule has 247 valence electrons. The molecule has 1 radical (unpaired) electrons. The summed E-state index contributed by atoms with van der Waals surface area (Å²) in [5.74, 6) is -0.734. The van der Waals surface area contributed by atoms with Crippen molar-refractivity contribution in [2.75, 3.05) is 34.9 Å². The van der Waals surface area contributed by atoms with E-state index in [-0.39, 0.29) is 66.7 Å². The normalized spacial score (nSPS) is 15.3. The van der Waals surface area contributed by atoms with E-state index in [1.54, 1.807) is 23.6 Å². The van der Waals surface area contributed by atoms with Crippen molar-refractivity contribution in [3.05, 3.63) is 71.3 Å². The Labute approximate surface area is 283 Å². The number of alkyl halides is 6. The third-order valence-corrected chi connectivity index (χ3v) is 8.79. The standard InChI is InChI=1S/C27H28F6N4O6S2.Na/c1-34-20-10-8-18(26(28,29)30)16-22(20)36(12-4-14-44(38,39)40)24(34)6-3-7-25-35(2)21-11-9-19(27(31,32)33)17-23(21)37(25)13-5-15-45(41,42)43;/h3,6-11,16-17H,4-5,12-15H2,1-2H3,(H-,38,39,40,41,42,43);. The van der Waals surface area contributed by atoms with Crippen molar-refractivity contribution in [1.29, 1.82) is 0 Å². The van der Waals surface area contributed by atoms with E-state index in [9.17, 15) is 47.7 Å². The van der Waals surface area contributed by atoms with Crippen molar-refractivity contribution >= 4 is 78.3 Å². The maximum atomic E-state index is 13.5. The summed E-state index contributed by atoms with van der Waals surface area (Å²) in [6.45, 7) is -0.209. The van der Waals surface area contributed by atoms with Gasteiger partial charge in [-0.2, -0.15) is 34.8 Å². The summed E-state index contributed by atoms with van der Waals surface area (Å²) < 4.78 is 149. The number of imidazole rings is 1.